The summed E-state index contributed by atoms with van der Waals surface area (Å²) in [5.41, 5.74) is 0. The number of aliphatic hydroxyl groups excluding tert-OH is 1. The van der Waals surface area contributed by atoms with Gasteiger partial charge in [-0.15, -0.1) is 0 Å². The van der Waals surface area contributed by atoms with Crippen LogP contribution in [0.4, 0.5) is 0 Å². The van der Waals surface area contributed by atoms with E-state index in [-0.39, 0.29) is 25.7 Å². The summed E-state index contributed by atoms with van der Waals surface area (Å²) in [4.78, 5) is 72.5. The fourth-order valence-corrected chi connectivity index (χ4v) is 12.2. The molecule has 0 aliphatic carbocycles. The van der Waals surface area contributed by atoms with E-state index in [0.29, 0.717) is 37.5 Å². The van der Waals surface area contributed by atoms with E-state index < -0.39 is 97.5 Å². The summed E-state index contributed by atoms with van der Waals surface area (Å²) in [6, 6.07) is 0. The SMILES string of the molecule is CCC(C)CCCCCCCCCCCCCCCCC(=O)O[C@H](COC(=O)CCCCCCCCCC(C)C)COP(=O)(O)OCC(O)COP(=O)(O)OC[C@@H](COC(=O)CCCCCCCCCC(C)C)OC(=O)CCCCCCCCCCC(C)CC. The van der Waals surface area contributed by atoms with Crippen LogP contribution in [0, 0.1) is 23.7 Å². The summed E-state index contributed by atoms with van der Waals surface area (Å²) in [6.45, 7) is 14.1. The van der Waals surface area contributed by atoms with Crippen molar-refractivity contribution in [2.45, 2.75) is 369 Å². The highest BCUT2D eigenvalue weighted by molar-refractivity contribution is 7.47. The molecule has 534 valence electrons. The van der Waals surface area contributed by atoms with Gasteiger partial charge in [-0.25, -0.2) is 9.13 Å². The zero-order valence-electron chi connectivity index (χ0n) is 58.8. The fraction of sp³-hybridized carbons (Fsp3) is 0.944. The lowest BCUT2D eigenvalue weighted by Crippen LogP contribution is -2.30. The molecule has 0 saturated heterocycles. The Bertz CT molecular complexity index is 1790. The van der Waals surface area contributed by atoms with Crippen LogP contribution in [0.3, 0.4) is 0 Å². The molecule has 0 fully saturated rings. The highest BCUT2D eigenvalue weighted by Gasteiger charge is 2.30. The molecule has 3 N–H and O–H groups in total. The average Bonchev–Trinajstić information content (AvgIpc) is 2.90. The van der Waals surface area contributed by atoms with E-state index in [1.165, 1.54) is 141 Å². The number of hydrogen-bond acceptors (Lipinski definition) is 15. The Labute approximate surface area is 549 Å². The topological polar surface area (TPSA) is 237 Å². The lowest BCUT2D eigenvalue weighted by molar-refractivity contribution is -0.161. The molecule has 90 heavy (non-hydrogen) atoms. The second-order valence-electron chi connectivity index (χ2n) is 27.1. The third-order valence-electron chi connectivity index (χ3n) is 17.0. The average molecular weight is 1330 g/mol. The van der Waals surface area contributed by atoms with E-state index >= 15 is 0 Å². The van der Waals surface area contributed by atoms with Gasteiger partial charge < -0.3 is 33.8 Å². The van der Waals surface area contributed by atoms with Crippen LogP contribution in [0.1, 0.15) is 351 Å². The van der Waals surface area contributed by atoms with Gasteiger partial charge in [0.15, 0.2) is 12.2 Å². The number of unbranched alkanes of at least 4 members (excludes halogenated alkanes) is 32. The maximum absolute atomic E-state index is 13.0. The Morgan fingerprint density at radius 2 is 0.533 bits per heavy atom. The molecule has 0 aromatic carbocycles. The molecule has 5 unspecified atom stereocenters. The van der Waals surface area contributed by atoms with Gasteiger partial charge >= 0.3 is 39.5 Å². The van der Waals surface area contributed by atoms with Crippen molar-refractivity contribution in [1.82, 2.24) is 0 Å². The van der Waals surface area contributed by atoms with Crippen molar-refractivity contribution in [2.75, 3.05) is 39.6 Å². The van der Waals surface area contributed by atoms with Gasteiger partial charge in [0.1, 0.15) is 19.3 Å². The van der Waals surface area contributed by atoms with E-state index in [9.17, 15) is 43.2 Å². The minimum Gasteiger partial charge on any atom is -0.462 e. The van der Waals surface area contributed by atoms with Crippen molar-refractivity contribution in [3.63, 3.8) is 0 Å². The highest BCUT2D eigenvalue weighted by atomic mass is 31.2. The first-order valence-electron chi connectivity index (χ1n) is 36.8. The van der Waals surface area contributed by atoms with Gasteiger partial charge in [0.25, 0.3) is 0 Å². The van der Waals surface area contributed by atoms with Crippen LogP contribution in [-0.2, 0) is 65.4 Å². The van der Waals surface area contributed by atoms with Gasteiger partial charge in [0.2, 0.25) is 0 Å². The third kappa shape index (κ3) is 62.2. The Balaban J connectivity index is 5.23. The van der Waals surface area contributed by atoms with Crippen molar-refractivity contribution >= 4 is 39.5 Å². The molecule has 0 spiro atoms. The molecule has 0 saturated carbocycles. The fourth-order valence-electron chi connectivity index (χ4n) is 10.6. The predicted octanol–water partition coefficient (Wildman–Crippen LogP) is 20.1. The van der Waals surface area contributed by atoms with Crippen LogP contribution in [0.5, 0.6) is 0 Å². The Hall–Kier alpha value is -1.94. The van der Waals surface area contributed by atoms with Gasteiger partial charge in [0.05, 0.1) is 26.4 Å². The van der Waals surface area contributed by atoms with Crippen molar-refractivity contribution in [3.8, 4) is 0 Å². The summed E-state index contributed by atoms with van der Waals surface area (Å²) in [6.07, 6.45) is 43.1. The lowest BCUT2D eigenvalue weighted by atomic mass is 9.99. The molecule has 0 amide bonds. The minimum absolute atomic E-state index is 0.104. The predicted molar refractivity (Wildman–Crippen MR) is 363 cm³/mol. The maximum Gasteiger partial charge on any atom is 0.472 e. The van der Waals surface area contributed by atoms with Gasteiger partial charge in [-0.05, 0) is 49.4 Å². The smallest absolute Gasteiger partial charge is 0.462 e. The largest absolute Gasteiger partial charge is 0.472 e. The summed E-state index contributed by atoms with van der Waals surface area (Å²) >= 11 is 0. The van der Waals surface area contributed by atoms with Crippen molar-refractivity contribution in [1.29, 1.82) is 0 Å². The monoisotopic (exact) mass is 1320 g/mol. The Morgan fingerprint density at radius 1 is 0.311 bits per heavy atom. The molecule has 17 nitrogen and oxygen atoms in total. The number of carbonyl (C=O) groups is 4. The first kappa shape index (κ1) is 88.1. The van der Waals surface area contributed by atoms with Crippen LogP contribution in [0.25, 0.3) is 0 Å². The maximum atomic E-state index is 13.0. The van der Waals surface area contributed by atoms with Crippen LogP contribution in [0.15, 0.2) is 0 Å². The third-order valence-corrected chi connectivity index (χ3v) is 18.9. The number of aliphatic hydroxyl groups is 1. The molecular weight excluding hydrogens is 1190 g/mol. The summed E-state index contributed by atoms with van der Waals surface area (Å²) in [5.74, 6) is 0.894. The first-order valence-corrected chi connectivity index (χ1v) is 39.8. The van der Waals surface area contributed by atoms with Crippen molar-refractivity contribution in [3.05, 3.63) is 0 Å². The van der Waals surface area contributed by atoms with Crippen LogP contribution in [0.2, 0.25) is 0 Å². The van der Waals surface area contributed by atoms with Crippen LogP contribution in [-0.4, -0.2) is 96.7 Å². The summed E-state index contributed by atoms with van der Waals surface area (Å²) in [7, 11) is -9.90. The molecule has 0 bridgehead atoms. The number of carbonyl (C=O) groups excluding carboxylic acids is 4. The second-order valence-corrected chi connectivity index (χ2v) is 30.0. The van der Waals surface area contributed by atoms with Crippen LogP contribution >= 0.6 is 15.6 Å². The number of hydrogen-bond donors (Lipinski definition) is 3. The minimum atomic E-state index is -4.95. The Morgan fingerprint density at radius 3 is 0.789 bits per heavy atom. The quantitative estimate of drug-likeness (QED) is 0.0222. The van der Waals surface area contributed by atoms with Crippen molar-refractivity contribution < 1.29 is 80.2 Å². The lowest BCUT2D eigenvalue weighted by Gasteiger charge is -2.21. The highest BCUT2D eigenvalue weighted by Crippen LogP contribution is 2.45. The molecule has 0 aliphatic rings. The standard InChI is InChI=1S/C71H138O17P2/c1-9-63(7)49-41-33-25-17-15-13-11-12-14-16-18-27-37-45-53-70(75)87-66(57-81-68(73)51-43-35-29-21-23-31-39-47-61(3)4)59-85-89(77,78)83-55-65(72)56-84-90(79,80)86-60-67(58-82-69(74)52-44-36-30-22-24-32-40-48-62(5)6)88-71(76)54-46-38-28-20-19-26-34-42-50-64(8)10-2/h61-67,72H,9-60H2,1-8H3,(H,77,78)(H,79,80)/t63?,64?,65?,66-,67-/m1/s1. The second kappa shape index (κ2) is 60.7. The Kier molecular flexibility index (Phi) is 59.4. The molecule has 0 heterocycles. The summed E-state index contributed by atoms with van der Waals surface area (Å²) < 4.78 is 68.3. The summed E-state index contributed by atoms with van der Waals surface area (Å²) in [5, 5.41) is 10.6. The number of ether oxygens (including phenoxy) is 4. The van der Waals surface area contributed by atoms with Gasteiger partial charge in [0, 0.05) is 25.7 Å². The van der Waals surface area contributed by atoms with Gasteiger partial charge in [-0.3, -0.25) is 37.3 Å². The van der Waals surface area contributed by atoms with E-state index in [0.717, 1.165) is 115 Å². The van der Waals surface area contributed by atoms with Crippen molar-refractivity contribution in [2.24, 2.45) is 23.7 Å². The van der Waals surface area contributed by atoms with E-state index in [1.54, 1.807) is 0 Å². The molecule has 0 aromatic heterocycles. The molecule has 0 aliphatic heterocycles. The normalized spacial score (nSPS) is 14.9. The van der Waals surface area contributed by atoms with Gasteiger partial charge in [-0.2, -0.15) is 0 Å². The number of esters is 4. The van der Waals surface area contributed by atoms with Gasteiger partial charge in [-0.1, -0.05) is 299 Å². The molecule has 0 radical (unpaired) electrons. The molecule has 7 atom stereocenters. The van der Waals surface area contributed by atoms with Crippen LogP contribution < -0.4 is 0 Å². The molecule has 19 heteroatoms. The number of rotatable bonds is 68. The van der Waals surface area contributed by atoms with E-state index in [1.807, 2.05) is 0 Å². The zero-order chi connectivity index (χ0) is 66.8. The molecule has 0 rings (SSSR count). The number of phosphoric ester groups is 2. The zero-order valence-corrected chi connectivity index (χ0v) is 60.6. The molecular formula is C71H138O17P2. The van der Waals surface area contributed by atoms with E-state index in [2.05, 4.69) is 55.4 Å². The van der Waals surface area contributed by atoms with E-state index in [4.69, 9.17) is 37.0 Å². The first-order chi connectivity index (χ1) is 43.2. The molecule has 0 aromatic rings. The number of phosphoric acid groups is 2.